The van der Waals surface area contributed by atoms with Crippen molar-refractivity contribution in [3.8, 4) is 0 Å². The molecular formula is C13H20ClN5. The zero-order valence-electron chi connectivity index (χ0n) is 11.3. The molecule has 0 spiro atoms. The van der Waals surface area contributed by atoms with E-state index in [0.29, 0.717) is 17.9 Å². The summed E-state index contributed by atoms with van der Waals surface area (Å²) in [5, 5.41) is 3.67. The molecule has 2 heterocycles. The SMILES string of the molecule is CCCC1CC1Nc1nc(Cl)nc(N2CCCC2)n1. The Bertz CT molecular complexity index is 447. The summed E-state index contributed by atoms with van der Waals surface area (Å²) in [5.74, 6) is 2.12. The summed E-state index contributed by atoms with van der Waals surface area (Å²) in [6, 6.07) is 0.518. The fraction of sp³-hybridized carbons (Fsp3) is 0.769. The zero-order valence-corrected chi connectivity index (χ0v) is 12.0. The Labute approximate surface area is 118 Å². The summed E-state index contributed by atoms with van der Waals surface area (Å²) in [7, 11) is 0. The van der Waals surface area contributed by atoms with Gasteiger partial charge in [-0.05, 0) is 43.2 Å². The van der Waals surface area contributed by atoms with Crippen LogP contribution in [0.2, 0.25) is 5.28 Å². The summed E-state index contributed by atoms with van der Waals surface area (Å²) in [6.07, 6.45) is 6.13. The molecule has 3 rings (SSSR count). The minimum Gasteiger partial charge on any atom is -0.351 e. The molecule has 1 saturated heterocycles. The lowest BCUT2D eigenvalue weighted by atomic mass is 10.2. The van der Waals surface area contributed by atoms with Gasteiger partial charge in [0.1, 0.15) is 0 Å². The minimum absolute atomic E-state index is 0.284. The molecule has 104 valence electrons. The third-order valence-corrected chi connectivity index (χ3v) is 4.05. The van der Waals surface area contributed by atoms with Crippen LogP contribution in [0.1, 0.15) is 39.0 Å². The number of nitrogens with one attached hydrogen (secondary N) is 1. The van der Waals surface area contributed by atoms with Crippen LogP contribution in [0.15, 0.2) is 0 Å². The first-order chi connectivity index (χ1) is 9.26. The molecular weight excluding hydrogens is 262 g/mol. The molecule has 1 aliphatic heterocycles. The first-order valence-electron chi connectivity index (χ1n) is 7.19. The van der Waals surface area contributed by atoms with Crippen molar-refractivity contribution in [1.29, 1.82) is 0 Å². The molecule has 0 aromatic carbocycles. The highest BCUT2D eigenvalue weighted by Crippen LogP contribution is 2.36. The van der Waals surface area contributed by atoms with Gasteiger partial charge in [-0.3, -0.25) is 0 Å². The Morgan fingerprint density at radius 1 is 1.26 bits per heavy atom. The Morgan fingerprint density at radius 2 is 2.05 bits per heavy atom. The molecule has 6 heteroatoms. The fourth-order valence-corrected chi connectivity index (χ4v) is 2.90. The molecule has 19 heavy (non-hydrogen) atoms. The van der Waals surface area contributed by atoms with Gasteiger partial charge >= 0.3 is 0 Å². The van der Waals surface area contributed by atoms with Crippen LogP contribution in [0, 0.1) is 5.92 Å². The smallest absolute Gasteiger partial charge is 0.231 e. The van der Waals surface area contributed by atoms with Crippen LogP contribution in [0.25, 0.3) is 0 Å². The molecule has 2 aliphatic rings. The summed E-state index contributed by atoms with van der Waals surface area (Å²) in [5.41, 5.74) is 0. The predicted octanol–water partition coefficient (Wildman–Crippen LogP) is 2.73. The lowest BCUT2D eigenvalue weighted by Crippen LogP contribution is -2.22. The highest BCUT2D eigenvalue weighted by Gasteiger charge is 2.36. The molecule has 2 fully saturated rings. The Kier molecular flexibility index (Phi) is 3.73. The van der Waals surface area contributed by atoms with Crippen LogP contribution in [0.5, 0.6) is 0 Å². The second-order valence-corrected chi connectivity index (χ2v) is 5.80. The van der Waals surface area contributed by atoms with Crippen molar-refractivity contribution in [3.05, 3.63) is 5.28 Å². The van der Waals surface area contributed by atoms with Crippen LogP contribution in [0.4, 0.5) is 11.9 Å². The lowest BCUT2D eigenvalue weighted by molar-refractivity contribution is 0.691. The van der Waals surface area contributed by atoms with Crippen molar-refractivity contribution in [3.63, 3.8) is 0 Å². The highest BCUT2D eigenvalue weighted by atomic mass is 35.5. The number of aromatic nitrogens is 3. The van der Waals surface area contributed by atoms with Gasteiger partial charge in [0.2, 0.25) is 17.2 Å². The molecule has 0 bridgehead atoms. The van der Waals surface area contributed by atoms with Gasteiger partial charge in [-0.25, -0.2) is 0 Å². The van der Waals surface area contributed by atoms with Crippen LogP contribution >= 0.6 is 11.6 Å². The van der Waals surface area contributed by atoms with E-state index in [0.717, 1.165) is 19.0 Å². The van der Waals surface area contributed by atoms with Crippen LogP contribution in [-0.2, 0) is 0 Å². The van der Waals surface area contributed by atoms with E-state index in [1.807, 2.05) is 0 Å². The third-order valence-electron chi connectivity index (χ3n) is 3.88. The topological polar surface area (TPSA) is 53.9 Å². The third kappa shape index (κ3) is 3.08. The number of hydrogen-bond donors (Lipinski definition) is 1. The second kappa shape index (κ2) is 5.49. The molecule has 0 amide bonds. The first kappa shape index (κ1) is 12.9. The van der Waals surface area contributed by atoms with E-state index in [1.165, 1.54) is 32.1 Å². The van der Waals surface area contributed by atoms with E-state index < -0.39 is 0 Å². The minimum atomic E-state index is 0.284. The molecule has 1 aliphatic carbocycles. The second-order valence-electron chi connectivity index (χ2n) is 5.46. The average molecular weight is 282 g/mol. The Hall–Kier alpha value is -1.10. The van der Waals surface area contributed by atoms with Crippen LogP contribution in [0.3, 0.4) is 0 Å². The summed E-state index contributed by atoms with van der Waals surface area (Å²) < 4.78 is 0. The Balaban J connectivity index is 1.68. The molecule has 1 aromatic rings. The normalized spacial score (nSPS) is 25.7. The highest BCUT2D eigenvalue weighted by molar-refractivity contribution is 6.28. The van der Waals surface area contributed by atoms with Crippen molar-refractivity contribution in [2.45, 2.75) is 45.1 Å². The largest absolute Gasteiger partial charge is 0.351 e. The van der Waals surface area contributed by atoms with E-state index in [-0.39, 0.29) is 5.28 Å². The van der Waals surface area contributed by atoms with E-state index >= 15 is 0 Å². The van der Waals surface area contributed by atoms with Gasteiger partial charge in [-0.1, -0.05) is 13.3 Å². The predicted molar refractivity (Wildman–Crippen MR) is 76.7 cm³/mol. The number of halogens is 1. The van der Waals surface area contributed by atoms with Gasteiger partial charge in [0.15, 0.2) is 0 Å². The van der Waals surface area contributed by atoms with Gasteiger partial charge in [0, 0.05) is 19.1 Å². The number of hydrogen-bond acceptors (Lipinski definition) is 5. The molecule has 1 saturated carbocycles. The maximum Gasteiger partial charge on any atom is 0.231 e. The van der Waals surface area contributed by atoms with Gasteiger partial charge in [-0.2, -0.15) is 15.0 Å². The zero-order chi connectivity index (χ0) is 13.2. The molecule has 0 radical (unpaired) electrons. The van der Waals surface area contributed by atoms with Crippen LogP contribution < -0.4 is 10.2 Å². The Morgan fingerprint density at radius 3 is 2.79 bits per heavy atom. The van der Waals surface area contributed by atoms with E-state index in [2.05, 4.69) is 32.1 Å². The van der Waals surface area contributed by atoms with E-state index in [4.69, 9.17) is 11.6 Å². The van der Waals surface area contributed by atoms with E-state index in [1.54, 1.807) is 0 Å². The van der Waals surface area contributed by atoms with Crippen LogP contribution in [-0.4, -0.2) is 34.1 Å². The van der Waals surface area contributed by atoms with Crippen molar-refractivity contribution < 1.29 is 0 Å². The first-order valence-corrected chi connectivity index (χ1v) is 7.57. The molecule has 2 unspecified atom stereocenters. The van der Waals surface area contributed by atoms with E-state index in [9.17, 15) is 0 Å². The van der Waals surface area contributed by atoms with Crippen molar-refractivity contribution >= 4 is 23.5 Å². The summed E-state index contributed by atoms with van der Waals surface area (Å²) in [6.45, 7) is 4.25. The monoisotopic (exact) mass is 281 g/mol. The summed E-state index contributed by atoms with van der Waals surface area (Å²) in [4.78, 5) is 15.1. The lowest BCUT2D eigenvalue weighted by Gasteiger charge is -2.15. The van der Waals surface area contributed by atoms with Crippen molar-refractivity contribution in [1.82, 2.24) is 15.0 Å². The average Bonchev–Trinajstić information content (AvgIpc) is 2.92. The number of rotatable bonds is 5. The van der Waals surface area contributed by atoms with Gasteiger partial charge < -0.3 is 10.2 Å². The quantitative estimate of drug-likeness (QED) is 0.899. The maximum absolute atomic E-state index is 6.00. The molecule has 1 N–H and O–H groups in total. The molecule has 1 aromatic heterocycles. The summed E-state index contributed by atoms with van der Waals surface area (Å²) >= 11 is 6.00. The van der Waals surface area contributed by atoms with Crippen molar-refractivity contribution in [2.75, 3.05) is 23.3 Å². The van der Waals surface area contributed by atoms with Crippen molar-refractivity contribution in [2.24, 2.45) is 5.92 Å². The number of anilines is 2. The maximum atomic E-state index is 6.00. The fourth-order valence-electron chi connectivity index (χ4n) is 2.74. The number of nitrogens with zero attached hydrogens (tertiary/aromatic N) is 4. The molecule has 2 atom stereocenters. The standard InChI is InChI=1S/C13H20ClN5/c1-2-5-9-8-10(9)15-12-16-11(14)17-13(18-12)19-6-3-4-7-19/h9-10H,2-8H2,1H3,(H,15,16,17,18). The van der Waals surface area contributed by atoms with Gasteiger partial charge in [-0.15, -0.1) is 0 Å². The van der Waals surface area contributed by atoms with Gasteiger partial charge in [0.25, 0.3) is 0 Å². The van der Waals surface area contributed by atoms with Gasteiger partial charge in [0.05, 0.1) is 0 Å². The molecule has 5 nitrogen and oxygen atoms in total.